The Hall–Kier alpha value is 0.545. The predicted molar refractivity (Wildman–Crippen MR) is 21.0 cm³/mol. The molecular weight excluding hydrogens is 225 g/mol. The monoisotopic (exact) mass is 230 g/mol. The number of rotatable bonds is 0. The SMILES string of the molecule is B1=CC=C1.[Hf]. The zero-order valence-corrected chi connectivity index (χ0v) is 6.40. The topological polar surface area (TPSA) is 0 Å². The maximum absolute atomic E-state index is 2.00. The maximum Gasteiger partial charge on any atom is 0 e. The van der Waals surface area contributed by atoms with E-state index < -0.39 is 0 Å². The first-order valence-corrected chi connectivity index (χ1v) is 1.33. The fraction of sp³-hybridized carbons (Fsp3) is 0. The molecule has 0 N–H and O–H groups in total. The zero-order valence-electron chi connectivity index (χ0n) is 2.81. The van der Waals surface area contributed by atoms with Gasteiger partial charge < -0.3 is 0 Å². The zero-order chi connectivity index (χ0) is 2.83. The van der Waals surface area contributed by atoms with Crippen LogP contribution < -0.4 is 0 Å². The standard InChI is InChI=1S/C3H3B.Hf/c1-2-4-3-1;/h1-3H;. The molecule has 0 aromatic heterocycles. The molecule has 22 valence electrons. The second-order valence-electron chi connectivity index (χ2n) is 0.770. The van der Waals surface area contributed by atoms with Crippen molar-refractivity contribution in [3.8, 4) is 0 Å². The molecule has 0 bridgehead atoms. The second kappa shape index (κ2) is 2.77. The number of hydrogen-bond donors (Lipinski definition) is 0. The minimum absolute atomic E-state index is 0. The molecule has 0 radical (unpaired) electrons. The summed E-state index contributed by atoms with van der Waals surface area (Å²) in [5.74, 6) is 4.00. The molecule has 1 rings (SSSR count). The van der Waals surface area contributed by atoms with Crippen LogP contribution in [0.15, 0.2) is 12.1 Å². The molecule has 0 nitrogen and oxygen atoms in total. The molecule has 1 heterocycles. The van der Waals surface area contributed by atoms with Crippen molar-refractivity contribution in [2.45, 2.75) is 0 Å². The summed E-state index contributed by atoms with van der Waals surface area (Å²) >= 11 is 0. The summed E-state index contributed by atoms with van der Waals surface area (Å²) in [5, 5.41) is 0. The summed E-state index contributed by atoms with van der Waals surface area (Å²) in [6.07, 6.45) is 2.00. The van der Waals surface area contributed by atoms with Crippen LogP contribution in [0, 0.1) is 0 Å². The van der Waals surface area contributed by atoms with E-state index >= 15 is 0 Å². The van der Waals surface area contributed by atoms with Gasteiger partial charge in [-0.05, 0) is 0 Å². The first-order chi connectivity index (χ1) is 2.00. The Bertz CT molecular complexity index is 47.3. The Morgan fingerprint density at radius 3 is 1.60 bits per heavy atom. The smallest absolute Gasteiger partial charge is 0 e. The van der Waals surface area contributed by atoms with E-state index in [1.54, 1.807) is 0 Å². The van der Waals surface area contributed by atoms with Gasteiger partial charge in [0.25, 0.3) is 0 Å². The maximum atomic E-state index is 2.00. The van der Waals surface area contributed by atoms with Gasteiger partial charge in [-0.25, -0.2) is 0 Å². The van der Waals surface area contributed by atoms with E-state index in [0.29, 0.717) is 0 Å². The van der Waals surface area contributed by atoms with Crippen molar-refractivity contribution in [3.05, 3.63) is 12.1 Å². The van der Waals surface area contributed by atoms with Crippen LogP contribution in [0.1, 0.15) is 0 Å². The number of allylic oxidation sites excluding steroid dienone is 1. The van der Waals surface area contributed by atoms with Crippen molar-refractivity contribution >= 4 is 12.9 Å². The molecule has 0 fully saturated rings. The quantitative estimate of drug-likeness (QED) is 0.513. The van der Waals surface area contributed by atoms with Crippen LogP contribution in [0.25, 0.3) is 0 Å². The molecule has 1 aliphatic heterocycles. The molecule has 1 aliphatic rings. The van der Waals surface area contributed by atoms with E-state index in [0.717, 1.165) is 0 Å². The number of hydrogen-bond acceptors (Lipinski definition) is 0. The van der Waals surface area contributed by atoms with Crippen molar-refractivity contribution in [1.82, 2.24) is 0 Å². The van der Waals surface area contributed by atoms with Gasteiger partial charge in [-0.1, -0.05) is 0 Å². The normalized spacial score (nSPS) is 11.2. The van der Waals surface area contributed by atoms with Crippen LogP contribution in [0.2, 0.25) is 0 Å². The third-order valence-electron chi connectivity index (χ3n) is 0.444. The van der Waals surface area contributed by atoms with Crippen molar-refractivity contribution in [2.75, 3.05) is 0 Å². The molecule has 2 heteroatoms. The Labute approximate surface area is 51.0 Å². The average molecular weight is 228 g/mol. The Kier molecular flexibility index (Phi) is 3.07. The first-order valence-electron chi connectivity index (χ1n) is 1.33. The van der Waals surface area contributed by atoms with Crippen LogP contribution in [0.4, 0.5) is 0 Å². The Balaban J connectivity index is 0.000000160. The van der Waals surface area contributed by atoms with Crippen LogP contribution in [-0.4, -0.2) is 12.9 Å². The largest absolute Gasteiger partial charge is 0 e. The van der Waals surface area contributed by atoms with Gasteiger partial charge in [-0.15, -0.1) is 0 Å². The fourth-order valence-electron chi connectivity index (χ4n) is 0.111. The summed E-state index contributed by atoms with van der Waals surface area (Å²) in [4.78, 5) is 0. The molecule has 0 aliphatic carbocycles. The molecule has 0 spiro atoms. The van der Waals surface area contributed by atoms with E-state index in [-0.39, 0.29) is 25.8 Å². The average Bonchev–Trinajstić information content (AvgIpc) is 0.722. The van der Waals surface area contributed by atoms with Crippen LogP contribution in [0.3, 0.4) is 0 Å². The molecule has 0 aromatic carbocycles. The van der Waals surface area contributed by atoms with E-state index in [9.17, 15) is 0 Å². The fourth-order valence-corrected chi connectivity index (χ4v) is 0.111. The molecule has 0 saturated heterocycles. The molecule has 0 saturated carbocycles. The van der Waals surface area contributed by atoms with Crippen molar-refractivity contribution in [2.24, 2.45) is 0 Å². The van der Waals surface area contributed by atoms with Gasteiger partial charge in [0.2, 0.25) is 0 Å². The van der Waals surface area contributed by atoms with Crippen molar-refractivity contribution in [3.63, 3.8) is 0 Å². The summed E-state index contributed by atoms with van der Waals surface area (Å²) in [6, 6.07) is 0. The van der Waals surface area contributed by atoms with Crippen LogP contribution >= 0.6 is 0 Å². The van der Waals surface area contributed by atoms with Crippen molar-refractivity contribution in [1.29, 1.82) is 0 Å². The third kappa shape index (κ3) is 1.43. The summed E-state index contributed by atoms with van der Waals surface area (Å²) < 4.78 is 0. The van der Waals surface area contributed by atoms with Crippen molar-refractivity contribution < 1.29 is 25.8 Å². The summed E-state index contributed by atoms with van der Waals surface area (Å²) in [5.41, 5.74) is 0. The van der Waals surface area contributed by atoms with E-state index in [1.807, 2.05) is 24.9 Å². The molecule has 0 aromatic rings. The Morgan fingerprint density at radius 2 is 1.60 bits per heavy atom. The predicted octanol–water partition coefficient (Wildman–Crippen LogP) is 0.0176. The van der Waals surface area contributed by atoms with Gasteiger partial charge in [0.1, 0.15) is 0 Å². The minimum atomic E-state index is 0. The molecule has 0 amide bonds. The van der Waals surface area contributed by atoms with Gasteiger partial charge in [0.05, 0.1) is 0 Å². The van der Waals surface area contributed by atoms with E-state index in [1.165, 1.54) is 0 Å². The minimum Gasteiger partial charge on any atom is 0 e. The summed E-state index contributed by atoms with van der Waals surface area (Å²) in [6.45, 7) is 2.00. The summed E-state index contributed by atoms with van der Waals surface area (Å²) in [7, 11) is 0. The molecule has 0 unspecified atom stereocenters. The van der Waals surface area contributed by atoms with Gasteiger partial charge in [0, 0.05) is 25.8 Å². The molecular formula is C3H3BHf. The van der Waals surface area contributed by atoms with Gasteiger partial charge in [0.15, 0.2) is 0 Å². The van der Waals surface area contributed by atoms with Crippen LogP contribution in [-0.2, 0) is 25.8 Å². The Morgan fingerprint density at radius 1 is 1.40 bits per heavy atom. The molecule has 5 heavy (non-hydrogen) atoms. The van der Waals surface area contributed by atoms with Gasteiger partial charge >= 0.3 is 24.9 Å². The van der Waals surface area contributed by atoms with Gasteiger partial charge in [-0.2, -0.15) is 0 Å². The first kappa shape index (κ1) is 5.55. The van der Waals surface area contributed by atoms with Gasteiger partial charge in [-0.3, -0.25) is 0 Å². The van der Waals surface area contributed by atoms with Crippen LogP contribution in [0.5, 0.6) is 0 Å². The van der Waals surface area contributed by atoms with E-state index in [4.69, 9.17) is 0 Å². The third-order valence-corrected chi connectivity index (χ3v) is 0.444. The second-order valence-corrected chi connectivity index (χ2v) is 0.770. The molecule has 0 atom stereocenters. The van der Waals surface area contributed by atoms with E-state index in [2.05, 4.69) is 0 Å².